The molecule has 21 heavy (non-hydrogen) atoms. The van der Waals surface area contributed by atoms with Crippen molar-refractivity contribution in [3.8, 4) is 0 Å². The van der Waals surface area contributed by atoms with E-state index in [-0.39, 0.29) is 16.4 Å². The fourth-order valence-corrected chi connectivity index (χ4v) is 2.96. The van der Waals surface area contributed by atoms with Gasteiger partial charge in [0, 0.05) is 23.6 Å². The second-order valence-corrected chi connectivity index (χ2v) is 7.57. The second-order valence-electron chi connectivity index (χ2n) is 5.15. The lowest BCUT2D eigenvalue weighted by atomic mass is 10.2. The highest BCUT2D eigenvalue weighted by atomic mass is 79.9. The minimum atomic E-state index is -3.82. The molecule has 0 unspecified atom stereocenters. The molecule has 0 heterocycles. The SMILES string of the molecule is CN(CCNC(=O)c1cc(S(N)(=O)=O)ccc1Br)C1CC1. The average Bonchev–Trinajstić information content (AvgIpc) is 3.21. The Morgan fingerprint density at radius 1 is 1.48 bits per heavy atom. The molecule has 3 N–H and O–H groups in total. The van der Waals surface area contributed by atoms with Gasteiger partial charge in [-0.1, -0.05) is 0 Å². The Morgan fingerprint density at radius 3 is 2.71 bits per heavy atom. The summed E-state index contributed by atoms with van der Waals surface area (Å²) < 4.78 is 23.2. The minimum absolute atomic E-state index is 0.0778. The van der Waals surface area contributed by atoms with E-state index in [0.717, 1.165) is 6.54 Å². The Morgan fingerprint density at radius 2 is 2.14 bits per heavy atom. The zero-order valence-electron chi connectivity index (χ0n) is 11.7. The molecule has 6 nitrogen and oxygen atoms in total. The first-order valence-electron chi connectivity index (χ1n) is 6.60. The van der Waals surface area contributed by atoms with Crippen LogP contribution >= 0.6 is 15.9 Å². The quantitative estimate of drug-likeness (QED) is 0.772. The number of benzene rings is 1. The van der Waals surface area contributed by atoms with Crippen molar-refractivity contribution in [3.63, 3.8) is 0 Å². The summed E-state index contributed by atoms with van der Waals surface area (Å²) in [6.07, 6.45) is 2.43. The Hall–Kier alpha value is -0.960. The molecule has 0 saturated heterocycles. The zero-order chi connectivity index (χ0) is 15.6. The lowest BCUT2D eigenvalue weighted by molar-refractivity contribution is 0.0948. The first-order chi connectivity index (χ1) is 9.79. The van der Waals surface area contributed by atoms with Crippen molar-refractivity contribution >= 4 is 31.9 Å². The molecular formula is C13H18BrN3O3S. The molecule has 0 radical (unpaired) electrons. The first kappa shape index (κ1) is 16.4. The van der Waals surface area contributed by atoms with Gasteiger partial charge in [-0.25, -0.2) is 13.6 Å². The van der Waals surface area contributed by atoms with Gasteiger partial charge in [0.1, 0.15) is 0 Å². The fraction of sp³-hybridized carbons (Fsp3) is 0.462. The first-order valence-corrected chi connectivity index (χ1v) is 8.94. The van der Waals surface area contributed by atoms with Crippen molar-refractivity contribution in [2.75, 3.05) is 20.1 Å². The summed E-state index contributed by atoms with van der Waals surface area (Å²) in [5, 5.41) is 7.86. The van der Waals surface area contributed by atoms with E-state index in [0.29, 0.717) is 17.1 Å². The summed E-state index contributed by atoms with van der Waals surface area (Å²) in [4.78, 5) is 14.2. The van der Waals surface area contributed by atoms with Crippen molar-refractivity contribution in [2.45, 2.75) is 23.8 Å². The molecule has 116 valence electrons. The predicted octanol–water partition coefficient (Wildman–Crippen LogP) is 0.921. The molecule has 1 aromatic carbocycles. The van der Waals surface area contributed by atoms with Gasteiger partial charge in [-0.15, -0.1) is 0 Å². The molecule has 0 bridgehead atoms. The normalized spacial score (nSPS) is 15.2. The largest absolute Gasteiger partial charge is 0.351 e. The molecule has 1 amide bonds. The minimum Gasteiger partial charge on any atom is -0.351 e. The molecule has 0 atom stereocenters. The number of sulfonamides is 1. The zero-order valence-corrected chi connectivity index (χ0v) is 14.1. The fourth-order valence-electron chi connectivity index (χ4n) is 1.99. The van der Waals surface area contributed by atoms with E-state index in [1.807, 2.05) is 7.05 Å². The number of nitrogens with two attached hydrogens (primary N) is 1. The van der Waals surface area contributed by atoms with Gasteiger partial charge in [0.2, 0.25) is 10.0 Å². The molecule has 0 aliphatic heterocycles. The Kier molecular flexibility index (Phi) is 5.03. The topological polar surface area (TPSA) is 92.5 Å². The Balaban J connectivity index is 2.00. The number of likely N-dealkylation sites (N-methyl/N-ethyl adjacent to an activating group) is 1. The second kappa shape index (κ2) is 6.43. The van der Waals surface area contributed by atoms with Gasteiger partial charge in [-0.2, -0.15) is 0 Å². The van der Waals surface area contributed by atoms with Crippen LogP contribution in [0.2, 0.25) is 0 Å². The molecule has 1 aliphatic carbocycles. The van der Waals surface area contributed by atoms with Gasteiger partial charge in [-0.05, 0) is 54.0 Å². The van der Waals surface area contributed by atoms with Crippen molar-refractivity contribution < 1.29 is 13.2 Å². The van der Waals surface area contributed by atoms with E-state index in [1.54, 1.807) is 0 Å². The number of halogens is 1. The maximum Gasteiger partial charge on any atom is 0.252 e. The van der Waals surface area contributed by atoms with Crippen LogP contribution < -0.4 is 10.5 Å². The van der Waals surface area contributed by atoms with Crippen LogP contribution in [0.5, 0.6) is 0 Å². The van der Waals surface area contributed by atoms with Crippen LogP contribution in [-0.4, -0.2) is 45.4 Å². The maximum absolute atomic E-state index is 12.1. The number of carbonyl (C=O) groups is 1. The van der Waals surface area contributed by atoms with Crippen molar-refractivity contribution in [1.82, 2.24) is 10.2 Å². The molecule has 0 aromatic heterocycles. The van der Waals surface area contributed by atoms with Gasteiger partial charge < -0.3 is 10.2 Å². The molecule has 1 aliphatic rings. The average molecular weight is 376 g/mol. The van der Waals surface area contributed by atoms with E-state index in [4.69, 9.17) is 5.14 Å². The van der Waals surface area contributed by atoms with Crippen LogP contribution in [0.3, 0.4) is 0 Å². The molecule has 8 heteroatoms. The van der Waals surface area contributed by atoms with E-state index in [9.17, 15) is 13.2 Å². The van der Waals surface area contributed by atoms with Crippen molar-refractivity contribution in [3.05, 3.63) is 28.2 Å². The highest BCUT2D eigenvalue weighted by Gasteiger charge is 2.25. The van der Waals surface area contributed by atoms with Crippen LogP contribution in [0.15, 0.2) is 27.6 Å². The molecule has 1 fully saturated rings. The van der Waals surface area contributed by atoms with Crippen LogP contribution in [0.1, 0.15) is 23.2 Å². The van der Waals surface area contributed by atoms with E-state index in [1.165, 1.54) is 31.0 Å². The summed E-state index contributed by atoms with van der Waals surface area (Å²) in [5.41, 5.74) is 0.260. The molecule has 1 saturated carbocycles. The number of primary sulfonamides is 1. The van der Waals surface area contributed by atoms with Crippen LogP contribution in [0, 0.1) is 0 Å². The molecule has 2 rings (SSSR count). The third-order valence-electron chi connectivity index (χ3n) is 3.43. The van der Waals surface area contributed by atoms with Gasteiger partial charge in [0.15, 0.2) is 0 Å². The van der Waals surface area contributed by atoms with Crippen LogP contribution in [0.4, 0.5) is 0 Å². The number of carbonyl (C=O) groups excluding carboxylic acids is 1. The number of hydrogen-bond acceptors (Lipinski definition) is 4. The molecule has 0 spiro atoms. The molecular weight excluding hydrogens is 358 g/mol. The van der Waals surface area contributed by atoms with E-state index >= 15 is 0 Å². The highest BCUT2D eigenvalue weighted by molar-refractivity contribution is 9.10. The Bertz CT molecular complexity index is 644. The number of nitrogens with one attached hydrogen (secondary N) is 1. The van der Waals surface area contributed by atoms with Gasteiger partial charge in [-0.3, -0.25) is 4.79 Å². The summed E-state index contributed by atoms with van der Waals surface area (Å²) in [7, 11) is -1.79. The van der Waals surface area contributed by atoms with Crippen LogP contribution in [-0.2, 0) is 10.0 Å². The smallest absolute Gasteiger partial charge is 0.252 e. The van der Waals surface area contributed by atoms with E-state index < -0.39 is 10.0 Å². The lowest BCUT2D eigenvalue weighted by Gasteiger charge is -2.16. The monoisotopic (exact) mass is 375 g/mol. The number of amides is 1. The number of hydrogen-bond donors (Lipinski definition) is 2. The summed E-state index contributed by atoms with van der Waals surface area (Å²) in [6, 6.07) is 4.78. The lowest BCUT2D eigenvalue weighted by Crippen LogP contribution is -2.34. The standard InChI is InChI=1S/C13H18BrN3O3S/c1-17(9-2-3-9)7-6-16-13(18)11-8-10(21(15,19)20)4-5-12(11)14/h4-5,8-9H,2-3,6-7H2,1H3,(H,16,18)(H2,15,19,20). The maximum atomic E-state index is 12.1. The van der Waals surface area contributed by atoms with E-state index in [2.05, 4.69) is 26.1 Å². The van der Waals surface area contributed by atoms with Crippen molar-refractivity contribution in [2.24, 2.45) is 5.14 Å². The van der Waals surface area contributed by atoms with Gasteiger partial charge >= 0.3 is 0 Å². The third kappa shape index (κ3) is 4.50. The third-order valence-corrected chi connectivity index (χ3v) is 5.03. The number of nitrogens with zero attached hydrogens (tertiary/aromatic N) is 1. The summed E-state index contributed by atoms with van der Waals surface area (Å²) in [5.74, 6) is -0.323. The highest BCUT2D eigenvalue weighted by Crippen LogP contribution is 2.24. The predicted molar refractivity (Wildman–Crippen MR) is 83.5 cm³/mol. The Labute approximate surface area is 132 Å². The van der Waals surface area contributed by atoms with Crippen molar-refractivity contribution in [1.29, 1.82) is 0 Å². The number of rotatable bonds is 6. The van der Waals surface area contributed by atoms with Gasteiger partial charge in [0.05, 0.1) is 10.5 Å². The van der Waals surface area contributed by atoms with Crippen LogP contribution in [0.25, 0.3) is 0 Å². The van der Waals surface area contributed by atoms with Gasteiger partial charge in [0.25, 0.3) is 5.91 Å². The summed E-state index contributed by atoms with van der Waals surface area (Å²) in [6.45, 7) is 1.28. The summed E-state index contributed by atoms with van der Waals surface area (Å²) >= 11 is 3.24. The molecule has 1 aromatic rings.